The van der Waals surface area contributed by atoms with E-state index >= 15 is 0 Å². The van der Waals surface area contributed by atoms with Crippen LogP contribution in [-0.4, -0.2) is 57.3 Å². The molecule has 2 N–H and O–H groups in total. The van der Waals surface area contributed by atoms with Crippen molar-refractivity contribution in [1.29, 1.82) is 0 Å². The van der Waals surface area contributed by atoms with E-state index in [0.29, 0.717) is 25.7 Å². The summed E-state index contributed by atoms with van der Waals surface area (Å²) in [6.07, 6.45) is 18.9. The summed E-state index contributed by atoms with van der Waals surface area (Å²) >= 11 is 0. The minimum Gasteiger partial charge on any atom is -0.544 e. The fraction of sp³-hybridized carbons (Fsp3) is 0.839. The number of carboxylic acid groups (broad SMARTS) is 3. The van der Waals surface area contributed by atoms with Gasteiger partial charge in [0.25, 0.3) is 0 Å². The topological polar surface area (TPSA) is 115 Å². The Morgan fingerprint density at radius 1 is 0.658 bits per heavy atom. The van der Waals surface area contributed by atoms with Crippen LogP contribution in [0.1, 0.15) is 143 Å². The normalized spacial score (nSPS) is 15.3. The summed E-state index contributed by atoms with van der Waals surface area (Å²) in [5.74, 6) is -3.56. The number of carbonyl (C=O) groups is 3. The maximum absolute atomic E-state index is 12.5. The monoisotopic (exact) mass is 539 g/mol. The second-order valence-electron chi connectivity index (χ2n) is 10.9. The lowest BCUT2D eigenvalue weighted by atomic mass is 9.91. The molecule has 0 saturated carbocycles. The molecule has 3 atom stereocenters. The molecule has 7 nitrogen and oxygen atoms in total. The smallest absolute Gasteiger partial charge is 0.362 e. The number of quaternary nitrogens is 1. The largest absolute Gasteiger partial charge is 0.544 e. The lowest BCUT2D eigenvalue weighted by Gasteiger charge is -2.52. The van der Waals surface area contributed by atoms with E-state index in [-0.39, 0.29) is 25.8 Å². The Labute approximate surface area is 232 Å². The van der Waals surface area contributed by atoms with Gasteiger partial charge in [0, 0.05) is 19.3 Å². The summed E-state index contributed by atoms with van der Waals surface area (Å²) in [4.78, 5) is 37.5. The number of hydrogen-bond acceptors (Lipinski definition) is 4. The van der Waals surface area contributed by atoms with E-state index in [1.54, 1.807) is 0 Å². The molecule has 0 aromatic heterocycles. The second-order valence-corrected chi connectivity index (χ2v) is 10.9. The predicted molar refractivity (Wildman–Crippen MR) is 152 cm³/mol. The summed E-state index contributed by atoms with van der Waals surface area (Å²) < 4.78 is -0.435. The number of carbonyl (C=O) groups excluding carboxylic acids is 1. The molecular weight excluding hydrogens is 482 g/mol. The first-order valence-electron chi connectivity index (χ1n) is 15.4. The Morgan fingerprint density at radius 3 is 1.32 bits per heavy atom. The van der Waals surface area contributed by atoms with Crippen molar-refractivity contribution in [3.63, 3.8) is 0 Å². The van der Waals surface area contributed by atoms with E-state index in [0.717, 1.165) is 32.1 Å². The highest BCUT2D eigenvalue weighted by atomic mass is 16.4. The number of allylic oxidation sites excluding steroid dienone is 1. The molecule has 0 aliphatic heterocycles. The van der Waals surface area contributed by atoms with Gasteiger partial charge < -0.3 is 20.1 Å². The molecule has 0 aromatic carbocycles. The number of rotatable bonds is 27. The highest BCUT2D eigenvalue weighted by Gasteiger charge is 2.54. The molecule has 3 unspecified atom stereocenters. The molecule has 0 radical (unpaired) electrons. The van der Waals surface area contributed by atoms with Crippen molar-refractivity contribution in [2.45, 2.75) is 161 Å². The van der Waals surface area contributed by atoms with Crippen LogP contribution in [0.2, 0.25) is 0 Å². The number of nitrogens with zero attached hydrogens (tertiary/aromatic N) is 1. The highest BCUT2D eigenvalue weighted by molar-refractivity contribution is 5.77. The zero-order valence-corrected chi connectivity index (χ0v) is 24.6. The van der Waals surface area contributed by atoms with Gasteiger partial charge in [-0.2, -0.15) is 0 Å². The van der Waals surface area contributed by atoms with Gasteiger partial charge in [-0.1, -0.05) is 91.1 Å². The maximum Gasteiger partial charge on any atom is 0.362 e. The molecule has 7 heteroatoms. The molecule has 0 saturated heterocycles. The second kappa shape index (κ2) is 22.0. The van der Waals surface area contributed by atoms with E-state index in [4.69, 9.17) is 0 Å². The van der Waals surface area contributed by atoms with Gasteiger partial charge in [-0.05, 0) is 38.5 Å². The van der Waals surface area contributed by atoms with Crippen LogP contribution in [0.5, 0.6) is 0 Å². The van der Waals surface area contributed by atoms with Crippen LogP contribution in [0, 0.1) is 0 Å². The summed E-state index contributed by atoms with van der Waals surface area (Å²) in [5, 5.41) is 32.9. The summed E-state index contributed by atoms with van der Waals surface area (Å²) in [6, 6.07) is -3.32. The maximum atomic E-state index is 12.5. The number of unbranched alkanes of at least 4 members (excludes halogenated alkanes) is 12. The van der Waals surface area contributed by atoms with Crippen molar-refractivity contribution in [1.82, 2.24) is 0 Å². The molecule has 0 aliphatic carbocycles. The standard InChI is InChI=1S/C31H57NO6/c1-5-9-10-11-12-13-14-15-16-17-18-19-20-21-25-32(26(22-6-2)29(33)34,27(23-7-3)30(35)36)28(24-8-4)31(37)38/h5,26-28H,1,6-25H2,2-4H3,(H2-,33,34,35,36,37,38). The zero-order chi connectivity index (χ0) is 28.8. The third kappa shape index (κ3) is 12.8. The average molecular weight is 540 g/mol. The Hall–Kier alpha value is -1.89. The molecule has 0 fully saturated rings. The van der Waals surface area contributed by atoms with Crippen molar-refractivity contribution in [3.8, 4) is 0 Å². The van der Waals surface area contributed by atoms with Crippen LogP contribution in [0.15, 0.2) is 12.7 Å². The van der Waals surface area contributed by atoms with Gasteiger partial charge in [-0.25, -0.2) is 9.59 Å². The lowest BCUT2D eigenvalue weighted by Crippen LogP contribution is -2.74. The van der Waals surface area contributed by atoms with Crippen LogP contribution in [0.3, 0.4) is 0 Å². The molecule has 0 amide bonds. The molecular formula is C31H57NO6. The van der Waals surface area contributed by atoms with E-state index in [2.05, 4.69) is 6.58 Å². The van der Waals surface area contributed by atoms with Gasteiger partial charge >= 0.3 is 11.9 Å². The summed E-state index contributed by atoms with van der Waals surface area (Å²) in [5.41, 5.74) is 0. The van der Waals surface area contributed by atoms with Crippen LogP contribution >= 0.6 is 0 Å². The fourth-order valence-corrected chi connectivity index (χ4v) is 6.07. The SMILES string of the molecule is C=CCCCCCCCCCCCCCC[N+](C(CCC)C(=O)[O-])(C(CCC)C(=O)O)C(CCC)C(=O)O. The van der Waals surface area contributed by atoms with E-state index < -0.39 is 40.5 Å². The molecule has 0 heterocycles. The third-order valence-corrected chi connectivity index (χ3v) is 7.97. The number of carboxylic acids is 3. The first-order chi connectivity index (χ1) is 18.2. The Morgan fingerprint density at radius 2 is 1.00 bits per heavy atom. The van der Waals surface area contributed by atoms with E-state index in [1.165, 1.54) is 44.9 Å². The summed E-state index contributed by atoms with van der Waals surface area (Å²) in [7, 11) is 0. The third-order valence-electron chi connectivity index (χ3n) is 7.97. The van der Waals surface area contributed by atoms with Crippen molar-refractivity contribution in [2.24, 2.45) is 0 Å². The molecule has 0 rings (SSSR count). The first kappa shape index (κ1) is 36.1. The molecule has 0 aromatic rings. The van der Waals surface area contributed by atoms with Crippen molar-refractivity contribution in [2.75, 3.05) is 6.54 Å². The predicted octanol–water partition coefficient (Wildman–Crippen LogP) is 6.49. The van der Waals surface area contributed by atoms with Crippen molar-refractivity contribution < 1.29 is 34.2 Å². The molecule has 0 spiro atoms. The fourth-order valence-electron chi connectivity index (χ4n) is 6.07. The van der Waals surface area contributed by atoms with Crippen LogP contribution in [0.4, 0.5) is 0 Å². The van der Waals surface area contributed by atoms with Crippen LogP contribution in [-0.2, 0) is 14.4 Å². The van der Waals surface area contributed by atoms with Crippen molar-refractivity contribution >= 4 is 17.9 Å². The van der Waals surface area contributed by atoms with Gasteiger partial charge in [0.05, 0.1) is 12.5 Å². The highest BCUT2D eigenvalue weighted by Crippen LogP contribution is 2.34. The molecule has 0 bridgehead atoms. The quantitative estimate of drug-likeness (QED) is 0.0701. The van der Waals surface area contributed by atoms with Gasteiger partial charge in [-0.15, -0.1) is 6.58 Å². The van der Waals surface area contributed by atoms with Crippen molar-refractivity contribution in [3.05, 3.63) is 12.7 Å². The molecule has 38 heavy (non-hydrogen) atoms. The summed E-state index contributed by atoms with van der Waals surface area (Å²) in [6.45, 7) is 9.56. The van der Waals surface area contributed by atoms with Gasteiger partial charge in [0.2, 0.25) is 0 Å². The Balaban J connectivity index is 5.28. The lowest BCUT2D eigenvalue weighted by molar-refractivity contribution is -0.975. The zero-order valence-electron chi connectivity index (χ0n) is 24.6. The molecule has 0 aliphatic rings. The van der Waals surface area contributed by atoms with Crippen LogP contribution in [0.25, 0.3) is 0 Å². The van der Waals surface area contributed by atoms with Gasteiger partial charge in [0.15, 0.2) is 12.1 Å². The van der Waals surface area contributed by atoms with Gasteiger partial charge in [0.1, 0.15) is 6.04 Å². The minimum atomic E-state index is -1.34. The number of hydrogen-bond donors (Lipinski definition) is 2. The number of aliphatic carboxylic acids is 3. The van der Waals surface area contributed by atoms with Gasteiger partial charge in [-0.3, -0.25) is 4.48 Å². The van der Waals surface area contributed by atoms with E-state index in [9.17, 15) is 29.7 Å². The van der Waals surface area contributed by atoms with E-state index in [1.807, 2.05) is 26.8 Å². The Bertz CT molecular complexity index is 605. The Kier molecular flexibility index (Phi) is 20.9. The van der Waals surface area contributed by atoms with Crippen LogP contribution < -0.4 is 5.11 Å². The first-order valence-corrected chi connectivity index (χ1v) is 15.4. The average Bonchev–Trinajstić information content (AvgIpc) is 2.87. The minimum absolute atomic E-state index is 0.206. The molecule has 222 valence electrons.